The van der Waals surface area contributed by atoms with Crippen molar-refractivity contribution in [2.45, 2.75) is 19.9 Å². The number of esters is 2. The Morgan fingerprint density at radius 2 is 2.10 bits per heavy atom. The van der Waals surface area contributed by atoms with Crippen molar-refractivity contribution in [1.82, 2.24) is 5.48 Å². The molecule has 10 heavy (non-hydrogen) atoms. The van der Waals surface area contributed by atoms with Crippen LogP contribution in [0, 0.1) is 0 Å². The van der Waals surface area contributed by atoms with E-state index in [1.807, 2.05) is 0 Å². The van der Waals surface area contributed by atoms with Crippen LogP contribution in [0.25, 0.3) is 0 Å². The molecule has 0 amide bonds. The highest BCUT2D eigenvalue weighted by Gasteiger charge is 2.14. The third kappa shape index (κ3) is 3.16. The number of ether oxygens (including phenoxy) is 1. The molecule has 0 saturated heterocycles. The fourth-order valence-electron chi connectivity index (χ4n) is 0.283. The van der Waals surface area contributed by atoms with Gasteiger partial charge in [0, 0.05) is 6.92 Å². The van der Waals surface area contributed by atoms with E-state index in [0.717, 1.165) is 6.92 Å². The van der Waals surface area contributed by atoms with Crippen LogP contribution in [0.1, 0.15) is 13.8 Å². The van der Waals surface area contributed by atoms with Gasteiger partial charge in [-0.15, -0.1) is 0 Å². The van der Waals surface area contributed by atoms with Crippen LogP contribution >= 0.6 is 0 Å². The van der Waals surface area contributed by atoms with Gasteiger partial charge in [0.05, 0.1) is 0 Å². The van der Waals surface area contributed by atoms with Gasteiger partial charge in [-0.3, -0.25) is 4.79 Å². The molecule has 0 fully saturated rings. The largest absolute Gasteiger partial charge is 0.392 e. The Morgan fingerprint density at radius 3 is 2.40 bits per heavy atom. The van der Waals surface area contributed by atoms with E-state index < -0.39 is 18.0 Å². The number of rotatable bonds is 2. The van der Waals surface area contributed by atoms with Crippen LogP contribution in [-0.2, 0) is 14.3 Å². The first-order valence-corrected chi connectivity index (χ1v) is 2.69. The Kier molecular flexibility index (Phi) is 3.60. The maximum Gasteiger partial charge on any atom is 0.332 e. The fraction of sp³-hybridized carbons (Fsp3) is 0.600. The molecule has 0 saturated carbocycles. The molecular weight excluding hydrogens is 138 g/mol. The van der Waals surface area contributed by atoms with Gasteiger partial charge in [-0.05, 0) is 6.92 Å². The van der Waals surface area contributed by atoms with Crippen molar-refractivity contribution in [2.24, 2.45) is 0 Å². The van der Waals surface area contributed by atoms with Crippen molar-refractivity contribution in [3.8, 4) is 0 Å². The molecule has 1 atom stereocenters. The highest BCUT2D eigenvalue weighted by atomic mass is 16.6. The highest BCUT2D eigenvalue weighted by Crippen LogP contribution is 1.86. The zero-order chi connectivity index (χ0) is 8.15. The summed E-state index contributed by atoms with van der Waals surface area (Å²) in [5.74, 6) is -1.48. The lowest BCUT2D eigenvalue weighted by Gasteiger charge is -2.04. The lowest BCUT2D eigenvalue weighted by Crippen LogP contribution is -2.33. The van der Waals surface area contributed by atoms with Gasteiger partial charge < -0.3 is 9.94 Å². The van der Waals surface area contributed by atoms with Crippen LogP contribution in [0.15, 0.2) is 0 Å². The predicted molar refractivity (Wildman–Crippen MR) is 31.2 cm³/mol. The molecule has 5 heteroatoms. The average molecular weight is 147 g/mol. The van der Waals surface area contributed by atoms with E-state index in [9.17, 15) is 9.59 Å². The second-order valence-electron chi connectivity index (χ2n) is 1.76. The second-order valence-corrected chi connectivity index (χ2v) is 1.76. The van der Waals surface area contributed by atoms with Gasteiger partial charge in [0.15, 0.2) is 0 Å². The summed E-state index contributed by atoms with van der Waals surface area (Å²) in [7, 11) is 0. The summed E-state index contributed by atoms with van der Waals surface area (Å²) >= 11 is 0. The monoisotopic (exact) mass is 147 g/mol. The van der Waals surface area contributed by atoms with Crippen molar-refractivity contribution in [3.63, 3.8) is 0 Å². The van der Waals surface area contributed by atoms with E-state index in [4.69, 9.17) is 5.21 Å². The fourth-order valence-corrected chi connectivity index (χ4v) is 0.283. The summed E-state index contributed by atoms with van der Waals surface area (Å²) in [6.45, 7) is 2.48. The van der Waals surface area contributed by atoms with Crippen LogP contribution in [0.5, 0.6) is 0 Å². The maximum absolute atomic E-state index is 10.5. The van der Waals surface area contributed by atoms with Gasteiger partial charge in [0.1, 0.15) is 6.04 Å². The number of nitrogens with one attached hydrogen (secondary N) is 1. The molecule has 0 bridgehead atoms. The first-order valence-electron chi connectivity index (χ1n) is 2.69. The Morgan fingerprint density at radius 1 is 1.60 bits per heavy atom. The molecule has 2 N–H and O–H groups in total. The quantitative estimate of drug-likeness (QED) is 0.311. The van der Waals surface area contributed by atoms with Crippen LogP contribution in [-0.4, -0.2) is 23.2 Å². The normalized spacial score (nSPS) is 12.3. The number of hydrogen-bond acceptors (Lipinski definition) is 5. The van der Waals surface area contributed by atoms with E-state index >= 15 is 0 Å². The molecule has 58 valence electrons. The first-order chi connectivity index (χ1) is 4.57. The van der Waals surface area contributed by atoms with Gasteiger partial charge in [0.2, 0.25) is 0 Å². The average Bonchev–Trinajstić information content (AvgIpc) is 1.85. The van der Waals surface area contributed by atoms with Crippen molar-refractivity contribution < 1.29 is 19.5 Å². The van der Waals surface area contributed by atoms with E-state index in [1.165, 1.54) is 6.92 Å². The van der Waals surface area contributed by atoms with Crippen molar-refractivity contribution in [1.29, 1.82) is 0 Å². The minimum Gasteiger partial charge on any atom is -0.392 e. The topological polar surface area (TPSA) is 75.6 Å². The molecule has 5 nitrogen and oxygen atoms in total. The standard InChI is InChI=1S/C5H9NO4/c1-3(6-9)5(8)10-4(2)7/h3,6,9H,1-2H3/t3-/m0/s1. The Bertz CT molecular complexity index is 145. The van der Waals surface area contributed by atoms with Crippen molar-refractivity contribution in [3.05, 3.63) is 0 Å². The summed E-state index contributed by atoms with van der Waals surface area (Å²) < 4.78 is 4.10. The lowest BCUT2D eigenvalue weighted by atomic mass is 10.4. The van der Waals surface area contributed by atoms with Crippen LogP contribution < -0.4 is 5.48 Å². The van der Waals surface area contributed by atoms with Gasteiger partial charge in [-0.1, -0.05) is 0 Å². The summed E-state index contributed by atoms with van der Waals surface area (Å²) in [6.07, 6.45) is 0. The summed E-state index contributed by atoms with van der Waals surface area (Å²) in [4.78, 5) is 20.6. The van der Waals surface area contributed by atoms with Gasteiger partial charge >= 0.3 is 11.9 Å². The van der Waals surface area contributed by atoms with E-state index in [0.29, 0.717) is 0 Å². The minimum atomic E-state index is -0.871. The summed E-state index contributed by atoms with van der Waals surface area (Å²) in [5, 5.41) is 8.16. The van der Waals surface area contributed by atoms with Gasteiger partial charge in [0.25, 0.3) is 0 Å². The Balaban J connectivity index is 3.73. The third-order valence-corrected chi connectivity index (χ3v) is 0.792. The molecule has 0 spiro atoms. The number of carbonyl (C=O) groups is 2. The molecule has 0 rings (SSSR count). The van der Waals surface area contributed by atoms with Crippen LogP contribution in [0.4, 0.5) is 0 Å². The zero-order valence-corrected chi connectivity index (χ0v) is 5.75. The van der Waals surface area contributed by atoms with Gasteiger partial charge in [-0.25, -0.2) is 4.79 Å². The Hall–Kier alpha value is -0.940. The zero-order valence-electron chi connectivity index (χ0n) is 5.75. The third-order valence-electron chi connectivity index (χ3n) is 0.792. The first kappa shape index (κ1) is 9.06. The SMILES string of the molecule is CC(=O)OC(=O)[C@H](C)NO. The van der Waals surface area contributed by atoms with Crippen LogP contribution in [0.2, 0.25) is 0 Å². The highest BCUT2D eigenvalue weighted by molar-refractivity contribution is 5.86. The lowest BCUT2D eigenvalue weighted by molar-refractivity contribution is -0.160. The molecule has 0 aromatic carbocycles. The molecular formula is C5H9NO4. The molecule has 0 aromatic heterocycles. The van der Waals surface area contributed by atoms with Crippen molar-refractivity contribution >= 4 is 11.9 Å². The predicted octanol–water partition coefficient (Wildman–Crippen LogP) is -0.557. The molecule has 0 aliphatic carbocycles. The molecule has 0 radical (unpaired) electrons. The second kappa shape index (κ2) is 3.97. The smallest absolute Gasteiger partial charge is 0.332 e. The molecule has 0 unspecified atom stereocenters. The minimum absolute atomic E-state index is 0.688. The maximum atomic E-state index is 10.5. The molecule has 0 aromatic rings. The number of hydrogen-bond donors (Lipinski definition) is 2. The Labute approximate surface area is 57.9 Å². The van der Waals surface area contributed by atoms with Crippen molar-refractivity contribution in [2.75, 3.05) is 0 Å². The van der Waals surface area contributed by atoms with E-state index in [-0.39, 0.29) is 0 Å². The molecule has 0 aliphatic heterocycles. The number of carbonyl (C=O) groups excluding carboxylic acids is 2. The van der Waals surface area contributed by atoms with E-state index in [2.05, 4.69) is 4.74 Å². The van der Waals surface area contributed by atoms with Gasteiger partial charge in [-0.2, -0.15) is 5.48 Å². The molecule has 0 aliphatic rings. The molecule has 0 heterocycles. The summed E-state index contributed by atoms with van der Waals surface area (Å²) in [5.41, 5.74) is 1.64. The summed E-state index contributed by atoms with van der Waals surface area (Å²) in [6, 6.07) is -0.871. The van der Waals surface area contributed by atoms with E-state index in [1.54, 1.807) is 5.48 Å². The van der Waals surface area contributed by atoms with Crippen LogP contribution in [0.3, 0.4) is 0 Å². The number of hydroxylamine groups is 1.